The lowest BCUT2D eigenvalue weighted by molar-refractivity contribution is 0.0453. The number of halogens is 1. The van der Waals surface area contributed by atoms with E-state index in [2.05, 4.69) is 38.8 Å². The van der Waals surface area contributed by atoms with Crippen LogP contribution >= 0.6 is 11.6 Å². The molecular formula is C21H29ClN4O2. The van der Waals surface area contributed by atoms with Gasteiger partial charge in [-0.1, -0.05) is 41.9 Å². The molecule has 28 heavy (non-hydrogen) atoms. The Labute approximate surface area is 172 Å². The molecule has 0 aliphatic carbocycles. The highest BCUT2D eigenvalue weighted by atomic mass is 35.5. The lowest BCUT2D eigenvalue weighted by Gasteiger charge is -2.13. The van der Waals surface area contributed by atoms with Gasteiger partial charge >= 0.3 is 0 Å². The Kier molecular flexibility index (Phi) is 10.4. The molecule has 2 N–H and O–H groups in total. The standard InChI is InChI=1S/C21H29ClN4O2/c1-3-27-11-12-28-16-19-6-4-5-18(13-19)15-26-21(23-2)24-10-9-17-7-8-20(22)25-14-17/h4-8,13-14H,3,9-12,15-16H2,1-2H3,(H2,23,24,26). The molecule has 6 nitrogen and oxygen atoms in total. The van der Waals surface area contributed by atoms with E-state index in [1.807, 2.05) is 19.1 Å². The highest BCUT2D eigenvalue weighted by Crippen LogP contribution is 2.07. The number of hydrogen-bond donors (Lipinski definition) is 2. The van der Waals surface area contributed by atoms with Crippen molar-refractivity contribution in [1.82, 2.24) is 15.6 Å². The third kappa shape index (κ3) is 8.69. The van der Waals surface area contributed by atoms with Crippen LogP contribution in [0.15, 0.2) is 47.6 Å². The van der Waals surface area contributed by atoms with Crippen molar-refractivity contribution in [2.24, 2.45) is 4.99 Å². The van der Waals surface area contributed by atoms with Gasteiger partial charge in [0.05, 0.1) is 19.8 Å². The van der Waals surface area contributed by atoms with Crippen molar-refractivity contribution < 1.29 is 9.47 Å². The zero-order valence-corrected chi connectivity index (χ0v) is 17.3. The molecule has 7 heteroatoms. The van der Waals surface area contributed by atoms with Gasteiger partial charge in [0.1, 0.15) is 5.15 Å². The molecule has 0 unspecified atom stereocenters. The van der Waals surface area contributed by atoms with E-state index >= 15 is 0 Å². The fraction of sp³-hybridized carbons (Fsp3) is 0.429. The van der Waals surface area contributed by atoms with Gasteiger partial charge in [0.2, 0.25) is 0 Å². The van der Waals surface area contributed by atoms with Crippen LogP contribution in [-0.4, -0.2) is 44.4 Å². The van der Waals surface area contributed by atoms with Crippen molar-refractivity contribution in [3.05, 3.63) is 64.4 Å². The Morgan fingerprint density at radius 2 is 1.89 bits per heavy atom. The number of nitrogens with zero attached hydrogens (tertiary/aromatic N) is 2. The summed E-state index contributed by atoms with van der Waals surface area (Å²) in [6.45, 7) is 5.97. The third-order valence-corrected chi connectivity index (χ3v) is 4.24. The molecule has 0 atom stereocenters. The molecule has 2 rings (SSSR count). The second-order valence-corrected chi connectivity index (χ2v) is 6.55. The minimum absolute atomic E-state index is 0.510. The van der Waals surface area contributed by atoms with E-state index in [9.17, 15) is 0 Å². The quantitative estimate of drug-likeness (QED) is 0.260. The number of rotatable bonds is 11. The number of hydrogen-bond acceptors (Lipinski definition) is 4. The predicted molar refractivity (Wildman–Crippen MR) is 114 cm³/mol. The van der Waals surface area contributed by atoms with Gasteiger partial charge < -0.3 is 20.1 Å². The van der Waals surface area contributed by atoms with E-state index in [1.54, 1.807) is 19.3 Å². The second kappa shape index (κ2) is 13.1. The molecule has 1 aromatic carbocycles. The Morgan fingerprint density at radius 1 is 1.07 bits per heavy atom. The van der Waals surface area contributed by atoms with Gasteiger partial charge in [0.25, 0.3) is 0 Å². The van der Waals surface area contributed by atoms with Gasteiger partial charge in [-0.25, -0.2) is 4.98 Å². The summed E-state index contributed by atoms with van der Waals surface area (Å²) in [7, 11) is 1.77. The lowest BCUT2D eigenvalue weighted by Crippen LogP contribution is -2.37. The molecule has 0 aliphatic rings. The number of benzene rings is 1. The second-order valence-electron chi connectivity index (χ2n) is 6.16. The summed E-state index contributed by atoms with van der Waals surface area (Å²) >= 11 is 5.81. The number of pyridine rings is 1. The zero-order chi connectivity index (χ0) is 20.0. The first-order valence-corrected chi connectivity index (χ1v) is 9.87. The molecule has 0 amide bonds. The fourth-order valence-corrected chi connectivity index (χ4v) is 2.68. The minimum atomic E-state index is 0.510. The van der Waals surface area contributed by atoms with Gasteiger partial charge in [-0.15, -0.1) is 0 Å². The first-order valence-electron chi connectivity index (χ1n) is 9.49. The molecular weight excluding hydrogens is 376 g/mol. The Hall–Kier alpha value is -2.15. The van der Waals surface area contributed by atoms with E-state index in [-0.39, 0.29) is 0 Å². The first kappa shape index (κ1) is 22.1. The Bertz CT molecular complexity index is 723. The molecule has 152 valence electrons. The average Bonchev–Trinajstić information content (AvgIpc) is 2.72. The minimum Gasteiger partial charge on any atom is -0.379 e. The molecule has 1 heterocycles. The summed E-state index contributed by atoms with van der Waals surface area (Å²) < 4.78 is 10.9. The van der Waals surface area contributed by atoms with Crippen molar-refractivity contribution in [3.8, 4) is 0 Å². The number of guanidine groups is 1. The number of ether oxygens (including phenoxy) is 2. The summed E-state index contributed by atoms with van der Waals surface area (Å²) in [5, 5.41) is 7.15. The van der Waals surface area contributed by atoms with Crippen LogP contribution in [0, 0.1) is 0 Å². The van der Waals surface area contributed by atoms with Crippen LogP contribution < -0.4 is 10.6 Å². The van der Waals surface area contributed by atoms with E-state index in [1.165, 1.54) is 5.56 Å². The zero-order valence-electron chi connectivity index (χ0n) is 16.6. The van der Waals surface area contributed by atoms with Crippen LogP contribution in [0.5, 0.6) is 0 Å². The van der Waals surface area contributed by atoms with E-state index in [0.717, 1.165) is 36.7 Å². The van der Waals surface area contributed by atoms with Crippen molar-refractivity contribution in [1.29, 1.82) is 0 Å². The molecule has 0 bridgehead atoms. The normalized spacial score (nSPS) is 11.5. The molecule has 2 aromatic rings. The van der Waals surface area contributed by atoms with Crippen LogP contribution in [0.1, 0.15) is 23.6 Å². The SMILES string of the molecule is CCOCCOCc1cccc(CNC(=NC)NCCc2ccc(Cl)nc2)c1. The van der Waals surface area contributed by atoms with Crippen molar-refractivity contribution in [3.63, 3.8) is 0 Å². The van der Waals surface area contributed by atoms with Crippen molar-refractivity contribution in [2.75, 3.05) is 33.4 Å². The van der Waals surface area contributed by atoms with Crippen LogP contribution in [0.3, 0.4) is 0 Å². The highest BCUT2D eigenvalue weighted by Gasteiger charge is 2.01. The van der Waals surface area contributed by atoms with E-state index in [4.69, 9.17) is 21.1 Å². The smallest absolute Gasteiger partial charge is 0.191 e. The summed E-state index contributed by atoms with van der Waals surface area (Å²) in [5.41, 5.74) is 3.45. The molecule has 0 saturated heterocycles. The number of aliphatic imine (C=N–C) groups is 1. The van der Waals surface area contributed by atoms with Crippen LogP contribution in [0.25, 0.3) is 0 Å². The molecule has 1 aromatic heterocycles. The fourth-order valence-electron chi connectivity index (χ4n) is 2.57. The van der Waals surface area contributed by atoms with Gasteiger partial charge in [-0.3, -0.25) is 4.99 Å². The highest BCUT2D eigenvalue weighted by molar-refractivity contribution is 6.29. The van der Waals surface area contributed by atoms with Crippen LogP contribution in [0.2, 0.25) is 5.15 Å². The van der Waals surface area contributed by atoms with Gasteiger partial charge in [0, 0.05) is 32.9 Å². The lowest BCUT2D eigenvalue weighted by atomic mass is 10.1. The van der Waals surface area contributed by atoms with Crippen molar-refractivity contribution in [2.45, 2.75) is 26.5 Å². The third-order valence-electron chi connectivity index (χ3n) is 4.01. The maximum atomic E-state index is 5.81. The van der Waals surface area contributed by atoms with Crippen LogP contribution in [0.4, 0.5) is 0 Å². The maximum Gasteiger partial charge on any atom is 0.191 e. The predicted octanol–water partition coefficient (Wildman–Crippen LogP) is 3.20. The molecule has 0 spiro atoms. The summed E-state index contributed by atoms with van der Waals surface area (Å²) in [6, 6.07) is 12.1. The van der Waals surface area contributed by atoms with Crippen molar-refractivity contribution >= 4 is 17.6 Å². The molecule has 0 radical (unpaired) electrons. The molecule has 0 saturated carbocycles. The van der Waals surface area contributed by atoms with Gasteiger partial charge in [-0.2, -0.15) is 0 Å². The summed E-state index contributed by atoms with van der Waals surface area (Å²) in [6.07, 6.45) is 2.64. The topological polar surface area (TPSA) is 67.8 Å². The number of aromatic nitrogens is 1. The monoisotopic (exact) mass is 404 g/mol. The Balaban J connectivity index is 1.71. The van der Waals surface area contributed by atoms with E-state index in [0.29, 0.717) is 31.5 Å². The summed E-state index contributed by atoms with van der Waals surface area (Å²) in [5.74, 6) is 0.764. The first-order chi connectivity index (χ1) is 13.7. The number of nitrogens with one attached hydrogen (secondary N) is 2. The molecule has 0 aliphatic heterocycles. The Morgan fingerprint density at radius 3 is 2.64 bits per heavy atom. The van der Waals surface area contributed by atoms with E-state index < -0.39 is 0 Å². The average molecular weight is 405 g/mol. The van der Waals surface area contributed by atoms with Gasteiger partial charge in [0.15, 0.2) is 5.96 Å². The summed E-state index contributed by atoms with van der Waals surface area (Å²) in [4.78, 5) is 8.36. The van der Waals surface area contributed by atoms with Crippen LogP contribution in [-0.2, 0) is 29.0 Å². The van der Waals surface area contributed by atoms with Gasteiger partial charge in [-0.05, 0) is 36.1 Å². The molecule has 0 fully saturated rings. The largest absolute Gasteiger partial charge is 0.379 e. The maximum absolute atomic E-state index is 5.81.